The lowest BCUT2D eigenvalue weighted by molar-refractivity contribution is -0.124. The van der Waals surface area contributed by atoms with E-state index >= 15 is 0 Å². The molecule has 0 radical (unpaired) electrons. The lowest BCUT2D eigenvalue weighted by Crippen LogP contribution is -2.28. The normalized spacial score (nSPS) is 14.4. The summed E-state index contributed by atoms with van der Waals surface area (Å²) in [5.41, 5.74) is 6.02. The summed E-state index contributed by atoms with van der Waals surface area (Å²) in [7, 11) is 0. The Labute approximate surface area is 190 Å². The van der Waals surface area contributed by atoms with Crippen LogP contribution >= 0.6 is 0 Å². The summed E-state index contributed by atoms with van der Waals surface area (Å²) in [6.07, 6.45) is 8.15. The van der Waals surface area contributed by atoms with Gasteiger partial charge < -0.3 is 10.3 Å². The molecule has 0 atom stereocenters. The molecule has 1 saturated carbocycles. The number of amides is 1. The van der Waals surface area contributed by atoms with Crippen molar-refractivity contribution in [2.24, 2.45) is 5.92 Å². The number of benzene rings is 2. The van der Waals surface area contributed by atoms with E-state index in [1.54, 1.807) is 0 Å². The van der Waals surface area contributed by atoms with Crippen molar-refractivity contribution in [3.63, 3.8) is 0 Å². The summed E-state index contributed by atoms with van der Waals surface area (Å²) < 4.78 is 1.85. The number of hydrogen-bond acceptors (Lipinski definition) is 4. The second kappa shape index (κ2) is 8.20. The van der Waals surface area contributed by atoms with Crippen LogP contribution in [0.4, 0.5) is 0 Å². The van der Waals surface area contributed by atoms with E-state index in [-0.39, 0.29) is 11.8 Å². The average Bonchev–Trinajstić information content (AvgIpc) is 3.63. The highest BCUT2D eigenvalue weighted by Crippen LogP contribution is 2.26. The first-order valence-electron chi connectivity index (χ1n) is 11.4. The molecule has 5 aromatic rings. The zero-order valence-electron chi connectivity index (χ0n) is 18.2. The van der Waals surface area contributed by atoms with Gasteiger partial charge in [0, 0.05) is 28.1 Å². The van der Waals surface area contributed by atoms with Gasteiger partial charge in [0.15, 0.2) is 0 Å². The second-order valence-electron chi connectivity index (χ2n) is 8.85. The van der Waals surface area contributed by atoms with Gasteiger partial charge >= 0.3 is 0 Å². The Morgan fingerprint density at radius 2 is 2.03 bits per heavy atom. The molecule has 3 heterocycles. The summed E-state index contributed by atoms with van der Waals surface area (Å²) in [6.45, 7) is 1.16. The Morgan fingerprint density at radius 3 is 2.94 bits per heavy atom. The molecule has 33 heavy (non-hydrogen) atoms. The van der Waals surface area contributed by atoms with Crippen molar-refractivity contribution in [2.75, 3.05) is 0 Å². The fourth-order valence-electron chi connectivity index (χ4n) is 4.82. The molecule has 8 nitrogen and oxygen atoms in total. The Morgan fingerprint density at radius 1 is 1.12 bits per heavy atom. The number of fused-ring (bicyclic) bond motifs is 2. The van der Waals surface area contributed by atoms with Crippen LogP contribution in [0, 0.1) is 5.92 Å². The summed E-state index contributed by atoms with van der Waals surface area (Å²) in [5.74, 6) is 0.369. The molecule has 6 rings (SSSR count). The van der Waals surface area contributed by atoms with Gasteiger partial charge in [-0.2, -0.15) is 5.10 Å². The molecule has 0 spiro atoms. The predicted octanol–water partition coefficient (Wildman–Crippen LogP) is 4.16. The molecule has 3 N–H and O–H groups in total. The minimum atomic E-state index is 0.181. The summed E-state index contributed by atoms with van der Waals surface area (Å²) in [6, 6.07) is 14.5. The molecule has 0 unspecified atom stereocenters. The minimum Gasteiger partial charge on any atom is -0.357 e. The van der Waals surface area contributed by atoms with E-state index in [1.165, 1.54) is 12.8 Å². The van der Waals surface area contributed by atoms with Crippen molar-refractivity contribution in [3.8, 4) is 11.3 Å². The van der Waals surface area contributed by atoms with Crippen LogP contribution in [-0.2, 0) is 17.9 Å². The SMILES string of the molecule is O=C(NCc1cc2ccc(Cn3cc(-c4cccc5[nH]ncc45)nn3)cc2[nH]1)C1CCCC1. The van der Waals surface area contributed by atoms with Crippen LogP contribution in [0.25, 0.3) is 33.1 Å². The van der Waals surface area contributed by atoms with Crippen molar-refractivity contribution in [2.45, 2.75) is 38.8 Å². The first-order chi connectivity index (χ1) is 16.2. The van der Waals surface area contributed by atoms with Gasteiger partial charge in [0.05, 0.1) is 31.0 Å². The third kappa shape index (κ3) is 3.88. The maximum Gasteiger partial charge on any atom is 0.223 e. The highest BCUT2D eigenvalue weighted by atomic mass is 16.1. The smallest absolute Gasteiger partial charge is 0.223 e. The fraction of sp³-hybridized carbons (Fsp3) is 0.280. The molecule has 1 aliphatic carbocycles. The molecule has 0 saturated heterocycles. The highest BCUT2D eigenvalue weighted by Gasteiger charge is 2.22. The zero-order chi connectivity index (χ0) is 22.2. The first kappa shape index (κ1) is 19.7. The van der Waals surface area contributed by atoms with Gasteiger partial charge in [0.25, 0.3) is 0 Å². The zero-order valence-corrected chi connectivity index (χ0v) is 18.2. The molecule has 8 heteroatoms. The number of nitrogens with zero attached hydrogens (tertiary/aromatic N) is 4. The van der Waals surface area contributed by atoms with Crippen LogP contribution in [0.2, 0.25) is 0 Å². The summed E-state index contributed by atoms with van der Waals surface area (Å²) in [4.78, 5) is 15.8. The van der Waals surface area contributed by atoms with E-state index in [9.17, 15) is 4.79 Å². The number of carbonyl (C=O) groups is 1. The van der Waals surface area contributed by atoms with E-state index < -0.39 is 0 Å². The molecule has 0 bridgehead atoms. The van der Waals surface area contributed by atoms with E-state index in [4.69, 9.17) is 0 Å². The van der Waals surface area contributed by atoms with Gasteiger partial charge in [-0.25, -0.2) is 4.68 Å². The molecule has 1 amide bonds. The van der Waals surface area contributed by atoms with Crippen LogP contribution in [-0.4, -0.2) is 36.1 Å². The number of aromatic nitrogens is 6. The molecular formula is C25H25N7O. The van der Waals surface area contributed by atoms with Crippen LogP contribution < -0.4 is 5.32 Å². The highest BCUT2D eigenvalue weighted by molar-refractivity contribution is 5.93. The van der Waals surface area contributed by atoms with E-state index in [1.807, 2.05) is 35.3 Å². The number of aromatic amines is 2. The molecule has 2 aromatic carbocycles. The number of hydrogen-bond donors (Lipinski definition) is 3. The van der Waals surface area contributed by atoms with Gasteiger partial charge in [-0.15, -0.1) is 5.10 Å². The van der Waals surface area contributed by atoms with Gasteiger partial charge in [-0.05, 0) is 42.0 Å². The molecule has 0 aliphatic heterocycles. The van der Waals surface area contributed by atoms with Crippen LogP contribution in [0.5, 0.6) is 0 Å². The summed E-state index contributed by atoms with van der Waals surface area (Å²) >= 11 is 0. The quantitative estimate of drug-likeness (QED) is 0.370. The Hall–Kier alpha value is -3.94. The Bertz CT molecular complexity index is 1440. The molecule has 1 fully saturated rings. The topological polar surface area (TPSA) is 104 Å². The van der Waals surface area contributed by atoms with Gasteiger partial charge in [0.1, 0.15) is 5.69 Å². The molecule has 166 valence electrons. The second-order valence-corrected chi connectivity index (χ2v) is 8.85. The maximum atomic E-state index is 12.3. The van der Waals surface area contributed by atoms with Crippen molar-refractivity contribution < 1.29 is 4.79 Å². The number of H-pyrrole nitrogens is 2. The Kier molecular flexibility index (Phi) is 4.90. The van der Waals surface area contributed by atoms with Crippen molar-refractivity contribution in [3.05, 3.63) is 66.1 Å². The number of carbonyl (C=O) groups excluding carboxylic acids is 1. The van der Waals surface area contributed by atoms with Crippen molar-refractivity contribution in [1.29, 1.82) is 0 Å². The lowest BCUT2D eigenvalue weighted by atomic mass is 10.1. The first-order valence-corrected chi connectivity index (χ1v) is 11.4. The molecule has 1 aliphatic rings. The van der Waals surface area contributed by atoms with E-state index in [0.717, 1.165) is 57.2 Å². The minimum absolute atomic E-state index is 0.181. The third-order valence-electron chi connectivity index (χ3n) is 6.57. The van der Waals surface area contributed by atoms with Crippen LogP contribution in [0.1, 0.15) is 36.9 Å². The average molecular weight is 440 g/mol. The van der Waals surface area contributed by atoms with Gasteiger partial charge in [-0.3, -0.25) is 9.89 Å². The van der Waals surface area contributed by atoms with E-state index in [0.29, 0.717) is 13.1 Å². The fourth-order valence-corrected chi connectivity index (χ4v) is 4.82. The Balaban J connectivity index is 1.16. The van der Waals surface area contributed by atoms with Crippen LogP contribution in [0.3, 0.4) is 0 Å². The standard InChI is InChI=1S/C25H25N7O/c33-25(17-4-1-2-5-17)26-12-19-11-18-9-8-16(10-23(18)28-19)14-32-15-24(30-31-32)20-6-3-7-22-21(20)13-27-29-22/h3,6-11,13,15,17,28H,1-2,4-5,12,14H2,(H,26,33)(H,27,29). The number of rotatable bonds is 6. The number of nitrogens with one attached hydrogen (secondary N) is 3. The van der Waals surface area contributed by atoms with Gasteiger partial charge in [-0.1, -0.05) is 42.3 Å². The van der Waals surface area contributed by atoms with Gasteiger partial charge in [0.2, 0.25) is 5.91 Å². The van der Waals surface area contributed by atoms with Crippen molar-refractivity contribution in [1.82, 2.24) is 35.5 Å². The monoisotopic (exact) mass is 439 g/mol. The molecule has 3 aromatic heterocycles. The van der Waals surface area contributed by atoms with E-state index in [2.05, 4.69) is 55.1 Å². The summed E-state index contributed by atoms with van der Waals surface area (Å²) in [5, 5.41) is 21.1. The molecular weight excluding hydrogens is 414 g/mol. The largest absolute Gasteiger partial charge is 0.357 e. The lowest BCUT2D eigenvalue weighted by Gasteiger charge is -2.09. The van der Waals surface area contributed by atoms with Crippen molar-refractivity contribution >= 4 is 27.7 Å². The third-order valence-corrected chi connectivity index (χ3v) is 6.57. The predicted molar refractivity (Wildman–Crippen MR) is 126 cm³/mol. The van der Waals surface area contributed by atoms with Crippen LogP contribution in [0.15, 0.2) is 54.9 Å². The maximum absolute atomic E-state index is 12.3.